The first-order valence-corrected chi connectivity index (χ1v) is 5.68. The number of nitrogens with one attached hydrogen (secondary N) is 1. The predicted molar refractivity (Wildman–Crippen MR) is 69.0 cm³/mol. The molecule has 0 bridgehead atoms. The summed E-state index contributed by atoms with van der Waals surface area (Å²) in [6, 6.07) is 3.23. The van der Waals surface area contributed by atoms with Crippen molar-refractivity contribution >= 4 is 11.6 Å². The highest BCUT2D eigenvalue weighted by atomic mass is 19.1. The van der Waals surface area contributed by atoms with Crippen LogP contribution in [-0.2, 0) is 4.79 Å². The summed E-state index contributed by atoms with van der Waals surface area (Å²) < 4.78 is 18.3. The van der Waals surface area contributed by atoms with E-state index in [9.17, 15) is 9.18 Å². The number of carbonyl (C=O) groups is 1. The van der Waals surface area contributed by atoms with E-state index in [-0.39, 0.29) is 11.7 Å². The molecule has 0 saturated heterocycles. The molecule has 0 aliphatic rings. The molecule has 5 heteroatoms. The molecule has 18 heavy (non-hydrogen) atoms. The zero-order valence-electron chi connectivity index (χ0n) is 10.3. The van der Waals surface area contributed by atoms with E-state index in [2.05, 4.69) is 11.9 Å². The van der Waals surface area contributed by atoms with Gasteiger partial charge >= 0.3 is 0 Å². The summed E-state index contributed by atoms with van der Waals surface area (Å²) in [5.41, 5.74) is 6.04. The highest BCUT2D eigenvalue weighted by Gasteiger charge is 2.14. The maximum atomic E-state index is 13.1. The van der Waals surface area contributed by atoms with Crippen LogP contribution in [0, 0.1) is 5.82 Å². The molecule has 1 atom stereocenters. The smallest absolute Gasteiger partial charge is 0.241 e. The van der Waals surface area contributed by atoms with Gasteiger partial charge in [0, 0.05) is 6.07 Å². The number of rotatable bonds is 6. The quantitative estimate of drug-likeness (QED) is 0.762. The summed E-state index contributed by atoms with van der Waals surface area (Å²) >= 11 is 0. The molecule has 0 aromatic heterocycles. The Morgan fingerprint density at radius 3 is 3.00 bits per heavy atom. The molecule has 1 amide bonds. The van der Waals surface area contributed by atoms with Crippen LogP contribution in [0.5, 0.6) is 5.75 Å². The number of benzene rings is 1. The SMILES string of the molecule is C=CCC(N)C(=O)Nc1ccc(F)cc1OCC. The summed E-state index contributed by atoms with van der Waals surface area (Å²) in [6.07, 6.45) is 1.94. The Kier molecular flexibility index (Phi) is 5.32. The number of halogens is 1. The monoisotopic (exact) mass is 252 g/mol. The van der Waals surface area contributed by atoms with Crippen LogP contribution in [0.3, 0.4) is 0 Å². The second kappa shape index (κ2) is 6.76. The molecule has 0 aliphatic heterocycles. The molecular weight excluding hydrogens is 235 g/mol. The van der Waals surface area contributed by atoms with E-state index in [4.69, 9.17) is 10.5 Å². The van der Waals surface area contributed by atoms with Gasteiger partial charge in [-0.3, -0.25) is 4.79 Å². The van der Waals surface area contributed by atoms with Gasteiger partial charge in [0.2, 0.25) is 5.91 Å². The molecule has 0 fully saturated rings. The Hall–Kier alpha value is -1.88. The lowest BCUT2D eigenvalue weighted by Gasteiger charge is -2.14. The van der Waals surface area contributed by atoms with Crippen molar-refractivity contribution in [1.29, 1.82) is 0 Å². The molecule has 0 radical (unpaired) electrons. The van der Waals surface area contributed by atoms with Crippen molar-refractivity contribution in [2.24, 2.45) is 5.73 Å². The van der Waals surface area contributed by atoms with Crippen LogP contribution in [-0.4, -0.2) is 18.6 Å². The average Bonchev–Trinajstić information content (AvgIpc) is 2.33. The van der Waals surface area contributed by atoms with Gasteiger partial charge in [0.25, 0.3) is 0 Å². The molecular formula is C13H17FN2O2. The van der Waals surface area contributed by atoms with Crippen molar-refractivity contribution in [1.82, 2.24) is 0 Å². The number of hydrogen-bond acceptors (Lipinski definition) is 3. The van der Waals surface area contributed by atoms with Gasteiger partial charge in [-0.05, 0) is 25.5 Å². The number of carbonyl (C=O) groups excluding carboxylic acids is 1. The van der Waals surface area contributed by atoms with E-state index in [0.29, 0.717) is 18.7 Å². The highest BCUT2D eigenvalue weighted by Crippen LogP contribution is 2.25. The van der Waals surface area contributed by atoms with Gasteiger partial charge in [0.1, 0.15) is 11.6 Å². The van der Waals surface area contributed by atoms with Crippen molar-refractivity contribution in [3.05, 3.63) is 36.7 Å². The Morgan fingerprint density at radius 1 is 1.67 bits per heavy atom. The van der Waals surface area contributed by atoms with E-state index in [1.165, 1.54) is 18.2 Å². The molecule has 1 rings (SSSR count). The van der Waals surface area contributed by atoms with Crippen LogP contribution < -0.4 is 15.8 Å². The largest absolute Gasteiger partial charge is 0.492 e. The summed E-state index contributed by atoms with van der Waals surface area (Å²) in [5.74, 6) is -0.494. The lowest BCUT2D eigenvalue weighted by atomic mass is 10.2. The third kappa shape index (κ3) is 3.85. The standard InChI is InChI=1S/C13H17FN2O2/c1-3-5-10(15)13(17)16-11-7-6-9(14)8-12(11)18-4-2/h3,6-8,10H,1,4-5,15H2,2H3,(H,16,17). The molecule has 4 nitrogen and oxygen atoms in total. The van der Waals surface area contributed by atoms with Gasteiger partial charge in [-0.1, -0.05) is 6.08 Å². The first-order chi connectivity index (χ1) is 8.58. The van der Waals surface area contributed by atoms with Crippen LogP contribution in [0.1, 0.15) is 13.3 Å². The molecule has 1 aromatic carbocycles. The normalized spacial score (nSPS) is 11.7. The van der Waals surface area contributed by atoms with Crippen LogP contribution in [0.2, 0.25) is 0 Å². The zero-order valence-corrected chi connectivity index (χ0v) is 10.3. The molecule has 0 spiro atoms. The predicted octanol–water partition coefficient (Wildman–Crippen LogP) is 2.07. The van der Waals surface area contributed by atoms with Gasteiger partial charge in [-0.2, -0.15) is 0 Å². The van der Waals surface area contributed by atoms with Crippen LogP contribution in [0.25, 0.3) is 0 Å². The van der Waals surface area contributed by atoms with Gasteiger partial charge < -0.3 is 15.8 Å². The summed E-state index contributed by atoms with van der Waals surface area (Å²) in [4.78, 5) is 11.7. The van der Waals surface area contributed by atoms with Gasteiger partial charge in [0.05, 0.1) is 18.3 Å². The Morgan fingerprint density at radius 2 is 2.39 bits per heavy atom. The Balaban J connectivity index is 2.82. The van der Waals surface area contributed by atoms with Gasteiger partial charge in [0.15, 0.2) is 0 Å². The summed E-state index contributed by atoms with van der Waals surface area (Å²) in [7, 11) is 0. The number of nitrogens with two attached hydrogens (primary N) is 1. The van der Waals surface area contributed by atoms with Crippen molar-refractivity contribution in [3.8, 4) is 5.75 Å². The lowest BCUT2D eigenvalue weighted by molar-refractivity contribution is -0.117. The minimum absolute atomic E-state index is 0.289. The third-order valence-corrected chi connectivity index (χ3v) is 2.26. The molecule has 1 unspecified atom stereocenters. The topological polar surface area (TPSA) is 64.4 Å². The van der Waals surface area contributed by atoms with Crippen molar-refractivity contribution in [3.63, 3.8) is 0 Å². The molecule has 98 valence electrons. The molecule has 1 aromatic rings. The second-order valence-electron chi connectivity index (χ2n) is 3.69. The Labute approximate surface area is 106 Å². The number of ether oxygens (including phenoxy) is 1. The number of anilines is 1. The summed E-state index contributed by atoms with van der Waals surface area (Å²) in [6.45, 7) is 5.67. The van der Waals surface area contributed by atoms with Gasteiger partial charge in [-0.15, -0.1) is 6.58 Å². The fourth-order valence-electron chi connectivity index (χ4n) is 1.39. The summed E-state index contributed by atoms with van der Waals surface area (Å²) in [5, 5.41) is 2.60. The Bertz CT molecular complexity index is 435. The van der Waals surface area contributed by atoms with E-state index in [1.54, 1.807) is 13.0 Å². The first kappa shape index (κ1) is 14.2. The third-order valence-electron chi connectivity index (χ3n) is 2.26. The average molecular weight is 252 g/mol. The molecule has 0 aliphatic carbocycles. The van der Waals surface area contributed by atoms with Crippen molar-refractivity contribution in [2.75, 3.05) is 11.9 Å². The van der Waals surface area contributed by atoms with Crippen molar-refractivity contribution < 1.29 is 13.9 Å². The van der Waals surface area contributed by atoms with Crippen LogP contribution in [0.4, 0.5) is 10.1 Å². The molecule has 0 saturated carbocycles. The molecule has 0 heterocycles. The van der Waals surface area contributed by atoms with Gasteiger partial charge in [-0.25, -0.2) is 4.39 Å². The minimum atomic E-state index is -0.679. The fourth-order valence-corrected chi connectivity index (χ4v) is 1.39. The first-order valence-electron chi connectivity index (χ1n) is 5.68. The van der Waals surface area contributed by atoms with Crippen LogP contribution in [0.15, 0.2) is 30.9 Å². The van der Waals surface area contributed by atoms with Crippen molar-refractivity contribution in [2.45, 2.75) is 19.4 Å². The fraction of sp³-hybridized carbons (Fsp3) is 0.308. The van der Waals surface area contributed by atoms with E-state index in [1.807, 2.05) is 0 Å². The number of amides is 1. The van der Waals surface area contributed by atoms with E-state index in [0.717, 1.165) is 0 Å². The maximum absolute atomic E-state index is 13.1. The zero-order chi connectivity index (χ0) is 13.5. The maximum Gasteiger partial charge on any atom is 0.241 e. The second-order valence-corrected chi connectivity index (χ2v) is 3.69. The van der Waals surface area contributed by atoms with E-state index < -0.39 is 11.9 Å². The molecule has 3 N–H and O–H groups in total. The highest BCUT2D eigenvalue weighted by molar-refractivity contribution is 5.96. The lowest BCUT2D eigenvalue weighted by Crippen LogP contribution is -2.35. The van der Waals surface area contributed by atoms with Crippen LogP contribution >= 0.6 is 0 Å². The number of hydrogen-bond donors (Lipinski definition) is 2. The van der Waals surface area contributed by atoms with E-state index >= 15 is 0 Å². The minimum Gasteiger partial charge on any atom is -0.492 e.